The molecular weight excluding hydrogens is 368 g/mol. The highest BCUT2D eigenvalue weighted by atomic mass is 35.5. The Kier molecular flexibility index (Phi) is 5.36. The van der Waals surface area contributed by atoms with Crippen LogP contribution in [0.2, 0.25) is 5.02 Å². The minimum Gasteiger partial charge on any atom is -0.484 e. The fourth-order valence-electron chi connectivity index (χ4n) is 3.31. The van der Waals surface area contributed by atoms with Crippen molar-refractivity contribution < 1.29 is 4.74 Å². The minimum atomic E-state index is 0.364. The summed E-state index contributed by atoms with van der Waals surface area (Å²) in [4.78, 5) is 4.79. The van der Waals surface area contributed by atoms with Crippen LogP contribution in [0.25, 0.3) is 11.0 Å². The monoisotopic (exact) mass is 390 g/mol. The average molecular weight is 391 g/mol. The maximum Gasteiger partial charge on any atom is 0.148 e. The summed E-state index contributed by atoms with van der Waals surface area (Å²) in [5, 5.41) is 0.606. The van der Waals surface area contributed by atoms with Gasteiger partial charge in [-0.2, -0.15) is 0 Å². The third-order valence-corrected chi connectivity index (χ3v) is 5.23. The van der Waals surface area contributed by atoms with Crippen LogP contribution < -0.4 is 4.74 Å². The summed E-state index contributed by atoms with van der Waals surface area (Å²) in [5.41, 5.74) is 4.67. The molecule has 0 radical (unpaired) electrons. The van der Waals surface area contributed by atoms with Crippen molar-refractivity contribution in [1.82, 2.24) is 9.55 Å². The Labute approximate surface area is 170 Å². The second kappa shape index (κ2) is 8.07. The number of rotatable bonds is 6. The summed E-state index contributed by atoms with van der Waals surface area (Å²) in [6, 6.07) is 24.5. The molecule has 0 amide bonds. The van der Waals surface area contributed by atoms with Gasteiger partial charge in [-0.15, -0.1) is 0 Å². The molecule has 3 aromatic carbocycles. The molecule has 4 heteroatoms. The van der Waals surface area contributed by atoms with Crippen LogP contribution >= 0.6 is 11.6 Å². The van der Waals surface area contributed by atoms with Gasteiger partial charge in [0.1, 0.15) is 18.2 Å². The van der Waals surface area contributed by atoms with E-state index in [-0.39, 0.29) is 0 Å². The summed E-state index contributed by atoms with van der Waals surface area (Å²) >= 11 is 6.23. The van der Waals surface area contributed by atoms with Gasteiger partial charge in [-0.25, -0.2) is 4.98 Å². The van der Waals surface area contributed by atoms with Gasteiger partial charge in [0.05, 0.1) is 16.1 Å². The van der Waals surface area contributed by atoms with Crippen LogP contribution in [0.4, 0.5) is 0 Å². The molecule has 0 saturated heterocycles. The van der Waals surface area contributed by atoms with Crippen molar-refractivity contribution in [3.63, 3.8) is 0 Å². The van der Waals surface area contributed by atoms with E-state index in [1.165, 1.54) is 11.1 Å². The van der Waals surface area contributed by atoms with E-state index >= 15 is 0 Å². The topological polar surface area (TPSA) is 27.1 Å². The number of imidazole rings is 1. The molecule has 0 atom stereocenters. The zero-order chi connectivity index (χ0) is 19.5. The zero-order valence-corrected chi connectivity index (χ0v) is 16.9. The molecule has 3 nitrogen and oxygen atoms in total. The molecule has 0 unspecified atom stereocenters. The van der Waals surface area contributed by atoms with Crippen molar-refractivity contribution in [2.75, 3.05) is 0 Å². The molecule has 0 fully saturated rings. The molecule has 28 heavy (non-hydrogen) atoms. The van der Waals surface area contributed by atoms with Crippen LogP contribution in [0.3, 0.4) is 0 Å². The molecule has 0 bridgehead atoms. The molecule has 0 saturated carbocycles. The molecule has 4 rings (SSSR count). The lowest BCUT2D eigenvalue weighted by atomic mass is 10.0. The number of nitrogens with zero attached hydrogens (tertiary/aromatic N) is 2. The highest BCUT2D eigenvalue weighted by molar-refractivity contribution is 6.32. The Morgan fingerprint density at radius 3 is 2.39 bits per heavy atom. The molecule has 0 aliphatic heterocycles. The highest BCUT2D eigenvalue weighted by Crippen LogP contribution is 2.25. The molecule has 4 aromatic rings. The first-order valence-electron chi connectivity index (χ1n) is 9.52. The third kappa shape index (κ3) is 3.90. The molecule has 142 valence electrons. The maximum atomic E-state index is 6.23. The number of aromatic nitrogens is 2. The van der Waals surface area contributed by atoms with Gasteiger partial charge in [-0.05, 0) is 41.3 Å². The van der Waals surface area contributed by atoms with E-state index in [1.807, 2.05) is 42.5 Å². The van der Waals surface area contributed by atoms with Gasteiger partial charge in [0.15, 0.2) is 0 Å². The molecule has 1 aromatic heterocycles. The van der Waals surface area contributed by atoms with E-state index in [0.717, 1.165) is 23.4 Å². The normalized spacial score (nSPS) is 11.3. The van der Waals surface area contributed by atoms with Crippen LogP contribution in [0.5, 0.6) is 5.75 Å². The first-order valence-corrected chi connectivity index (χ1v) is 9.90. The van der Waals surface area contributed by atoms with E-state index < -0.39 is 0 Å². The molecular formula is C24H23ClN2O. The van der Waals surface area contributed by atoms with E-state index in [4.69, 9.17) is 21.3 Å². The number of para-hydroxylation sites is 3. The first-order chi connectivity index (χ1) is 13.6. The Bertz CT molecular complexity index is 1080. The second-order valence-electron chi connectivity index (χ2n) is 7.22. The quantitative estimate of drug-likeness (QED) is 0.378. The van der Waals surface area contributed by atoms with Gasteiger partial charge in [-0.3, -0.25) is 0 Å². The van der Waals surface area contributed by atoms with Gasteiger partial charge in [0, 0.05) is 6.54 Å². The lowest BCUT2D eigenvalue weighted by Crippen LogP contribution is -2.08. The largest absolute Gasteiger partial charge is 0.484 e. The van der Waals surface area contributed by atoms with Crippen molar-refractivity contribution in [1.29, 1.82) is 0 Å². The summed E-state index contributed by atoms with van der Waals surface area (Å²) in [6.07, 6.45) is 0. The van der Waals surface area contributed by atoms with Crippen molar-refractivity contribution >= 4 is 22.6 Å². The lowest BCUT2D eigenvalue weighted by Gasteiger charge is -2.12. The molecule has 0 N–H and O–H groups in total. The number of hydrogen-bond acceptors (Lipinski definition) is 2. The Hall–Kier alpha value is -2.78. The average Bonchev–Trinajstić information content (AvgIpc) is 3.05. The minimum absolute atomic E-state index is 0.364. The van der Waals surface area contributed by atoms with Crippen molar-refractivity contribution in [3.05, 3.63) is 94.8 Å². The van der Waals surface area contributed by atoms with E-state index in [0.29, 0.717) is 23.3 Å². The summed E-state index contributed by atoms with van der Waals surface area (Å²) in [7, 11) is 0. The van der Waals surface area contributed by atoms with Crippen LogP contribution in [-0.2, 0) is 13.2 Å². The lowest BCUT2D eigenvalue weighted by molar-refractivity contribution is 0.291. The van der Waals surface area contributed by atoms with E-state index in [9.17, 15) is 0 Å². The van der Waals surface area contributed by atoms with Gasteiger partial charge in [0.2, 0.25) is 0 Å². The van der Waals surface area contributed by atoms with Crippen molar-refractivity contribution in [3.8, 4) is 5.75 Å². The summed E-state index contributed by atoms with van der Waals surface area (Å²) in [5.74, 6) is 2.08. The predicted octanol–water partition coefficient (Wildman–Crippen LogP) is 6.44. The molecule has 0 aliphatic carbocycles. The van der Waals surface area contributed by atoms with Gasteiger partial charge >= 0.3 is 0 Å². The first kappa shape index (κ1) is 18.6. The SMILES string of the molecule is CC(C)c1ccc(Cn2c(COc3ccccc3Cl)nc3ccccc32)cc1. The summed E-state index contributed by atoms with van der Waals surface area (Å²) < 4.78 is 8.18. The van der Waals surface area contributed by atoms with Crippen molar-refractivity contribution in [2.24, 2.45) is 0 Å². The number of fused-ring (bicyclic) bond motifs is 1. The second-order valence-corrected chi connectivity index (χ2v) is 7.63. The Morgan fingerprint density at radius 2 is 1.64 bits per heavy atom. The predicted molar refractivity (Wildman–Crippen MR) is 115 cm³/mol. The molecule has 1 heterocycles. The number of ether oxygens (including phenoxy) is 1. The van der Waals surface area contributed by atoms with Crippen LogP contribution in [-0.4, -0.2) is 9.55 Å². The van der Waals surface area contributed by atoms with Crippen molar-refractivity contribution in [2.45, 2.75) is 32.9 Å². The highest BCUT2D eigenvalue weighted by Gasteiger charge is 2.12. The third-order valence-electron chi connectivity index (χ3n) is 4.91. The summed E-state index contributed by atoms with van der Waals surface area (Å²) in [6.45, 7) is 5.54. The van der Waals surface area contributed by atoms with Gasteiger partial charge < -0.3 is 9.30 Å². The van der Waals surface area contributed by atoms with Gasteiger partial charge in [-0.1, -0.05) is 74.0 Å². The Balaban J connectivity index is 1.64. The number of benzene rings is 3. The fraction of sp³-hybridized carbons (Fsp3) is 0.208. The standard InChI is InChI=1S/C24H23ClN2O/c1-17(2)19-13-11-18(12-14-19)15-27-22-9-5-4-8-21(22)26-24(27)16-28-23-10-6-3-7-20(23)25/h3-14,17H,15-16H2,1-2H3. The maximum absolute atomic E-state index is 6.23. The fourth-order valence-corrected chi connectivity index (χ4v) is 3.50. The molecule has 0 aliphatic rings. The number of hydrogen-bond donors (Lipinski definition) is 0. The zero-order valence-electron chi connectivity index (χ0n) is 16.1. The Morgan fingerprint density at radius 1 is 0.929 bits per heavy atom. The van der Waals surface area contributed by atoms with Crippen LogP contribution in [0.1, 0.15) is 36.7 Å². The van der Waals surface area contributed by atoms with E-state index in [2.05, 4.69) is 48.7 Å². The molecule has 0 spiro atoms. The van der Waals surface area contributed by atoms with Crippen LogP contribution in [0, 0.1) is 0 Å². The van der Waals surface area contributed by atoms with Crippen LogP contribution in [0.15, 0.2) is 72.8 Å². The number of halogens is 1. The smallest absolute Gasteiger partial charge is 0.148 e. The van der Waals surface area contributed by atoms with Gasteiger partial charge in [0.25, 0.3) is 0 Å². The van der Waals surface area contributed by atoms with E-state index in [1.54, 1.807) is 0 Å².